The molecule has 0 atom stereocenters. The molecular formula is C17H19NO. The Labute approximate surface area is 114 Å². The van der Waals surface area contributed by atoms with Gasteiger partial charge in [-0.25, -0.2) is 0 Å². The molecule has 2 aromatic rings. The molecule has 2 heteroatoms. The van der Waals surface area contributed by atoms with Crippen LogP contribution in [0.3, 0.4) is 0 Å². The lowest BCUT2D eigenvalue weighted by atomic mass is 9.96. The van der Waals surface area contributed by atoms with Gasteiger partial charge in [-0.1, -0.05) is 37.3 Å². The minimum absolute atomic E-state index is 0.0341. The van der Waals surface area contributed by atoms with E-state index < -0.39 is 0 Å². The molecule has 0 heterocycles. The first-order valence-corrected chi connectivity index (χ1v) is 6.53. The highest BCUT2D eigenvalue weighted by Gasteiger charge is 2.13. The van der Waals surface area contributed by atoms with Gasteiger partial charge in [-0.3, -0.25) is 4.79 Å². The van der Waals surface area contributed by atoms with E-state index >= 15 is 0 Å². The number of benzene rings is 2. The standard InChI is InChI=1S/C17H19NO/c1-4-13-5-7-14(8-6-13)17(19)15-10-16(18)12(3)9-11(15)2/h5-10H,4,18H2,1-3H3. The van der Waals surface area contributed by atoms with Crippen molar-refractivity contribution in [3.05, 3.63) is 64.2 Å². The maximum Gasteiger partial charge on any atom is 0.193 e. The van der Waals surface area contributed by atoms with Crippen LogP contribution < -0.4 is 5.73 Å². The molecule has 0 bridgehead atoms. The molecule has 19 heavy (non-hydrogen) atoms. The number of ketones is 1. The van der Waals surface area contributed by atoms with Crippen LogP contribution in [0.25, 0.3) is 0 Å². The minimum Gasteiger partial charge on any atom is -0.398 e. The minimum atomic E-state index is 0.0341. The third kappa shape index (κ3) is 2.68. The molecule has 0 saturated carbocycles. The maximum absolute atomic E-state index is 12.5. The average molecular weight is 253 g/mol. The molecule has 2 N–H and O–H groups in total. The van der Waals surface area contributed by atoms with E-state index in [-0.39, 0.29) is 5.78 Å². The fraction of sp³-hybridized carbons (Fsp3) is 0.235. The fourth-order valence-corrected chi connectivity index (χ4v) is 2.16. The Kier molecular flexibility index (Phi) is 3.70. The van der Waals surface area contributed by atoms with E-state index in [1.165, 1.54) is 5.56 Å². The van der Waals surface area contributed by atoms with Crippen LogP contribution in [-0.2, 0) is 6.42 Å². The SMILES string of the molecule is CCc1ccc(C(=O)c2cc(N)c(C)cc2C)cc1. The second kappa shape index (κ2) is 5.27. The van der Waals surface area contributed by atoms with Gasteiger partial charge in [0.2, 0.25) is 0 Å². The largest absolute Gasteiger partial charge is 0.398 e. The highest BCUT2D eigenvalue weighted by atomic mass is 16.1. The summed E-state index contributed by atoms with van der Waals surface area (Å²) >= 11 is 0. The normalized spacial score (nSPS) is 10.5. The van der Waals surface area contributed by atoms with Gasteiger partial charge in [0.05, 0.1) is 0 Å². The number of hydrogen-bond acceptors (Lipinski definition) is 2. The third-order valence-corrected chi connectivity index (χ3v) is 3.48. The van der Waals surface area contributed by atoms with E-state index in [4.69, 9.17) is 5.73 Å². The summed E-state index contributed by atoms with van der Waals surface area (Å²) in [5, 5.41) is 0. The van der Waals surface area contributed by atoms with Crippen molar-refractivity contribution in [2.45, 2.75) is 27.2 Å². The van der Waals surface area contributed by atoms with Gasteiger partial charge in [0.25, 0.3) is 0 Å². The number of carbonyl (C=O) groups is 1. The Morgan fingerprint density at radius 1 is 1.05 bits per heavy atom. The van der Waals surface area contributed by atoms with E-state index in [9.17, 15) is 4.79 Å². The Morgan fingerprint density at radius 2 is 1.68 bits per heavy atom. The summed E-state index contributed by atoms with van der Waals surface area (Å²) in [6, 6.07) is 11.5. The van der Waals surface area contributed by atoms with Crippen LogP contribution in [0, 0.1) is 13.8 Å². The van der Waals surface area contributed by atoms with Crippen molar-refractivity contribution in [1.82, 2.24) is 0 Å². The molecule has 0 aliphatic rings. The predicted octanol–water partition coefficient (Wildman–Crippen LogP) is 3.68. The van der Waals surface area contributed by atoms with Crippen LogP contribution in [0.4, 0.5) is 5.69 Å². The van der Waals surface area contributed by atoms with Crippen molar-refractivity contribution < 1.29 is 4.79 Å². The van der Waals surface area contributed by atoms with Crippen molar-refractivity contribution in [3.8, 4) is 0 Å². The van der Waals surface area contributed by atoms with Crippen molar-refractivity contribution in [3.63, 3.8) is 0 Å². The van der Waals surface area contributed by atoms with Crippen molar-refractivity contribution >= 4 is 11.5 Å². The fourth-order valence-electron chi connectivity index (χ4n) is 2.16. The molecule has 0 amide bonds. The van der Waals surface area contributed by atoms with Crippen LogP contribution in [0.15, 0.2) is 36.4 Å². The number of nitrogens with two attached hydrogens (primary N) is 1. The second-order valence-electron chi connectivity index (χ2n) is 4.90. The van der Waals surface area contributed by atoms with Gasteiger partial charge in [0.15, 0.2) is 5.78 Å². The number of anilines is 1. The molecule has 98 valence electrons. The second-order valence-corrected chi connectivity index (χ2v) is 4.90. The molecule has 0 saturated heterocycles. The lowest BCUT2D eigenvalue weighted by Gasteiger charge is -2.09. The molecule has 0 aliphatic heterocycles. The lowest BCUT2D eigenvalue weighted by molar-refractivity contribution is 0.103. The van der Waals surface area contributed by atoms with Gasteiger partial charge in [0, 0.05) is 16.8 Å². The number of hydrogen-bond donors (Lipinski definition) is 1. The zero-order valence-corrected chi connectivity index (χ0v) is 11.7. The lowest BCUT2D eigenvalue weighted by Crippen LogP contribution is -2.06. The first-order chi connectivity index (χ1) is 9.02. The summed E-state index contributed by atoms with van der Waals surface area (Å²) in [5.74, 6) is 0.0341. The molecule has 0 aromatic heterocycles. The molecule has 2 aromatic carbocycles. The van der Waals surface area contributed by atoms with Gasteiger partial charge >= 0.3 is 0 Å². The maximum atomic E-state index is 12.5. The van der Waals surface area contributed by atoms with E-state index in [0.717, 1.165) is 17.5 Å². The molecule has 0 radical (unpaired) electrons. The van der Waals surface area contributed by atoms with E-state index in [0.29, 0.717) is 16.8 Å². The zero-order chi connectivity index (χ0) is 14.0. The summed E-state index contributed by atoms with van der Waals surface area (Å²) in [6.45, 7) is 5.99. The highest BCUT2D eigenvalue weighted by Crippen LogP contribution is 2.21. The van der Waals surface area contributed by atoms with E-state index in [1.807, 2.05) is 44.2 Å². The molecule has 0 unspecified atom stereocenters. The summed E-state index contributed by atoms with van der Waals surface area (Å²) in [7, 11) is 0. The monoisotopic (exact) mass is 253 g/mol. The first kappa shape index (κ1) is 13.3. The quantitative estimate of drug-likeness (QED) is 0.669. The van der Waals surface area contributed by atoms with Crippen LogP contribution >= 0.6 is 0 Å². The van der Waals surface area contributed by atoms with Crippen molar-refractivity contribution in [2.75, 3.05) is 5.73 Å². The van der Waals surface area contributed by atoms with Gasteiger partial charge in [-0.2, -0.15) is 0 Å². The molecular weight excluding hydrogens is 234 g/mol. The molecule has 0 spiro atoms. The predicted molar refractivity (Wildman–Crippen MR) is 79.6 cm³/mol. The Bertz CT molecular complexity index is 612. The average Bonchev–Trinajstić information content (AvgIpc) is 2.42. The zero-order valence-electron chi connectivity index (χ0n) is 11.7. The number of nitrogen functional groups attached to an aromatic ring is 1. The van der Waals surface area contributed by atoms with Gasteiger partial charge in [0.1, 0.15) is 0 Å². The first-order valence-electron chi connectivity index (χ1n) is 6.53. The van der Waals surface area contributed by atoms with E-state index in [1.54, 1.807) is 6.07 Å². The smallest absolute Gasteiger partial charge is 0.193 e. The molecule has 0 aliphatic carbocycles. The van der Waals surface area contributed by atoms with Gasteiger partial charge < -0.3 is 5.73 Å². The summed E-state index contributed by atoms with van der Waals surface area (Å²) < 4.78 is 0. The highest BCUT2D eigenvalue weighted by molar-refractivity contribution is 6.10. The summed E-state index contributed by atoms with van der Waals surface area (Å²) in [6.07, 6.45) is 0.977. The Hall–Kier alpha value is -2.09. The van der Waals surface area contributed by atoms with Crippen LogP contribution in [-0.4, -0.2) is 5.78 Å². The third-order valence-electron chi connectivity index (χ3n) is 3.48. The van der Waals surface area contributed by atoms with E-state index in [2.05, 4.69) is 6.92 Å². The van der Waals surface area contributed by atoms with Crippen LogP contribution in [0.2, 0.25) is 0 Å². The van der Waals surface area contributed by atoms with Crippen molar-refractivity contribution in [2.24, 2.45) is 0 Å². The van der Waals surface area contributed by atoms with Crippen LogP contribution in [0.1, 0.15) is 39.5 Å². The molecule has 2 nitrogen and oxygen atoms in total. The number of carbonyl (C=O) groups excluding carboxylic acids is 1. The summed E-state index contributed by atoms with van der Waals surface area (Å²) in [5.41, 5.74) is 11.2. The molecule has 2 rings (SSSR count). The van der Waals surface area contributed by atoms with Crippen molar-refractivity contribution in [1.29, 1.82) is 0 Å². The summed E-state index contributed by atoms with van der Waals surface area (Å²) in [4.78, 5) is 12.5. The molecule has 0 fully saturated rings. The number of rotatable bonds is 3. The van der Waals surface area contributed by atoms with Gasteiger partial charge in [-0.05, 0) is 43.0 Å². The topological polar surface area (TPSA) is 43.1 Å². The Balaban J connectivity index is 2.40. The number of aryl methyl sites for hydroxylation is 3. The van der Waals surface area contributed by atoms with Gasteiger partial charge in [-0.15, -0.1) is 0 Å². The van der Waals surface area contributed by atoms with Crippen LogP contribution in [0.5, 0.6) is 0 Å². The Morgan fingerprint density at radius 3 is 2.26 bits per heavy atom.